The second-order valence-corrected chi connectivity index (χ2v) is 6.61. The second-order valence-electron chi connectivity index (χ2n) is 5.76. The monoisotopic (exact) mass is 341 g/mol. The van der Waals surface area contributed by atoms with Gasteiger partial charge in [0.25, 0.3) is 0 Å². The summed E-state index contributed by atoms with van der Waals surface area (Å²) in [7, 11) is 1.62. The average Bonchev–Trinajstić information content (AvgIpc) is 3.08. The highest BCUT2D eigenvalue weighted by atomic mass is 79.9. The molecular formula is C15H20BrNO3. The number of benzene rings is 1. The molecule has 2 bridgehead atoms. The van der Waals surface area contributed by atoms with Crippen LogP contribution in [0.15, 0.2) is 22.7 Å². The van der Waals surface area contributed by atoms with Crippen LogP contribution in [0, 0.1) is 5.41 Å². The van der Waals surface area contributed by atoms with E-state index in [4.69, 9.17) is 15.2 Å². The summed E-state index contributed by atoms with van der Waals surface area (Å²) in [6.45, 7) is 0.430. The zero-order valence-corrected chi connectivity index (χ0v) is 13.1. The molecule has 3 N–H and O–H groups in total. The number of aliphatic hydroxyl groups excluding tert-OH is 1. The molecule has 20 heavy (non-hydrogen) atoms. The van der Waals surface area contributed by atoms with Crippen LogP contribution in [0.4, 0.5) is 0 Å². The molecule has 1 aromatic carbocycles. The topological polar surface area (TPSA) is 64.7 Å². The summed E-state index contributed by atoms with van der Waals surface area (Å²) in [6, 6.07) is 5.64. The third-order valence-electron chi connectivity index (χ3n) is 4.78. The number of rotatable bonds is 4. The summed E-state index contributed by atoms with van der Waals surface area (Å²) in [5.74, 6) is 0.735. The van der Waals surface area contributed by atoms with Gasteiger partial charge in [0, 0.05) is 16.4 Å². The molecule has 2 aliphatic rings. The van der Waals surface area contributed by atoms with Crippen LogP contribution in [0.2, 0.25) is 0 Å². The first-order chi connectivity index (χ1) is 9.60. The maximum atomic E-state index is 10.9. The molecule has 2 fully saturated rings. The fraction of sp³-hybridized carbons (Fsp3) is 0.600. The third-order valence-corrected chi connectivity index (χ3v) is 5.50. The Morgan fingerprint density at radius 1 is 1.55 bits per heavy atom. The molecule has 0 amide bonds. The van der Waals surface area contributed by atoms with Gasteiger partial charge in [0.2, 0.25) is 0 Å². The van der Waals surface area contributed by atoms with Crippen molar-refractivity contribution < 1.29 is 14.6 Å². The van der Waals surface area contributed by atoms with Gasteiger partial charge in [-0.15, -0.1) is 0 Å². The van der Waals surface area contributed by atoms with Crippen LogP contribution in [0.3, 0.4) is 0 Å². The molecule has 4 unspecified atom stereocenters. The van der Waals surface area contributed by atoms with Gasteiger partial charge in [-0.1, -0.05) is 15.9 Å². The molecule has 0 aliphatic carbocycles. The normalized spacial score (nSPS) is 33.4. The van der Waals surface area contributed by atoms with Crippen LogP contribution < -0.4 is 10.5 Å². The zero-order chi connectivity index (χ0) is 14.3. The van der Waals surface area contributed by atoms with Crippen molar-refractivity contribution in [1.82, 2.24) is 0 Å². The first-order valence-corrected chi connectivity index (χ1v) is 7.77. The van der Waals surface area contributed by atoms with E-state index in [1.54, 1.807) is 7.11 Å². The minimum Gasteiger partial charge on any atom is -0.497 e. The lowest BCUT2D eigenvalue weighted by Gasteiger charge is -2.39. The quantitative estimate of drug-likeness (QED) is 0.882. The number of aliphatic hydroxyl groups is 1. The van der Waals surface area contributed by atoms with Crippen LogP contribution in [0.5, 0.6) is 5.75 Å². The number of fused-ring (bicyclic) bond motifs is 2. The van der Waals surface area contributed by atoms with Gasteiger partial charge in [-0.2, -0.15) is 0 Å². The molecule has 1 aromatic rings. The summed E-state index contributed by atoms with van der Waals surface area (Å²) in [5, 5.41) is 10.9. The minimum atomic E-state index is -0.646. The van der Waals surface area contributed by atoms with Crippen LogP contribution in [0.25, 0.3) is 0 Å². The van der Waals surface area contributed by atoms with Gasteiger partial charge in [-0.05, 0) is 43.0 Å². The molecule has 4 atom stereocenters. The van der Waals surface area contributed by atoms with E-state index >= 15 is 0 Å². The average molecular weight is 342 g/mol. The number of nitrogens with two attached hydrogens (primary N) is 1. The Bertz CT molecular complexity index is 510. The summed E-state index contributed by atoms with van der Waals surface area (Å²) < 4.78 is 12.1. The van der Waals surface area contributed by atoms with Crippen molar-refractivity contribution in [2.24, 2.45) is 11.1 Å². The molecule has 0 spiro atoms. The zero-order valence-electron chi connectivity index (χ0n) is 11.5. The number of halogens is 1. The maximum absolute atomic E-state index is 10.9. The standard InChI is InChI=1S/C15H20BrNO3/c1-19-9-2-4-12(16)11(6-9)14(18)15(8-17)7-10-3-5-13(15)20-10/h2,4,6,10,13-14,18H,3,5,7-8,17H2,1H3. The molecular weight excluding hydrogens is 322 g/mol. The first-order valence-electron chi connectivity index (χ1n) is 6.98. The Labute approximate surface area is 127 Å². The van der Waals surface area contributed by atoms with Crippen molar-refractivity contribution in [2.45, 2.75) is 37.6 Å². The van der Waals surface area contributed by atoms with E-state index in [1.165, 1.54) is 0 Å². The van der Waals surface area contributed by atoms with Crippen molar-refractivity contribution >= 4 is 15.9 Å². The lowest BCUT2D eigenvalue weighted by molar-refractivity contribution is -0.0268. The van der Waals surface area contributed by atoms with Crippen LogP contribution >= 0.6 is 15.9 Å². The Balaban J connectivity index is 1.97. The summed E-state index contributed by atoms with van der Waals surface area (Å²) in [4.78, 5) is 0. The van der Waals surface area contributed by atoms with E-state index in [0.29, 0.717) is 6.54 Å². The predicted molar refractivity (Wildman–Crippen MR) is 79.7 cm³/mol. The highest BCUT2D eigenvalue weighted by Crippen LogP contribution is 2.54. The Morgan fingerprint density at radius 3 is 2.90 bits per heavy atom. The molecule has 2 heterocycles. The first kappa shape index (κ1) is 14.3. The van der Waals surface area contributed by atoms with Crippen LogP contribution in [0.1, 0.15) is 30.9 Å². The van der Waals surface area contributed by atoms with Crippen molar-refractivity contribution in [1.29, 1.82) is 0 Å². The molecule has 0 radical (unpaired) electrons. The maximum Gasteiger partial charge on any atom is 0.119 e. The highest BCUT2D eigenvalue weighted by molar-refractivity contribution is 9.10. The Hall–Kier alpha value is -0.620. The van der Waals surface area contributed by atoms with Gasteiger partial charge >= 0.3 is 0 Å². The number of methoxy groups -OCH3 is 1. The van der Waals surface area contributed by atoms with Gasteiger partial charge in [0.15, 0.2) is 0 Å². The minimum absolute atomic E-state index is 0.0607. The van der Waals surface area contributed by atoms with Gasteiger partial charge in [-0.3, -0.25) is 0 Å². The SMILES string of the molecule is COc1ccc(Br)c(C(O)C2(CN)CC3CCC2O3)c1. The van der Waals surface area contributed by atoms with Gasteiger partial charge < -0.3 is 20.3 Å². The molecule has 3 rings (SSSR count). The van der Waals surface area contributed by atoms with Crippen molar-refractivity contribution in [3.8, 4) is 5.75 Å². The Morgan fingerprint density at radius 2 is 2.35 bits per heavy atom. The third kappa shape index (κ3) is 2.08. The van der Waals surface area contributed by atoms with Crippen LogP contribution in [-0.2, 0) is 4.74 Å². The van der Waals surface area contributed by atoms with Gasteiger partial charge in [0.05, 0.1) is 25.4 Å². The van der Waals surface area contributed by atoms with Crippen molar-refractivity contribution in [3.05, 3.63) is 28.2 Å². The van der Waals surface area contributed by atoms with E-state index in [2.05, 4.69) is 15.9 Å². The van der Waals surface area contributed by atoms with Gasteiger partial charge in [-0.25, -0.2) is 0 Å². The fourth-order valence-electron chi connectivity index (χ4n) is 3.62. The van der Waals surface area contributed by atoms with E-state index in [1.807, 2.05) is 18.2 Å². The molecule has 110 valence electrons. The van der Waals surface area contributed by atoms with Crippen LogP contribution in [-0.4, -0.2) is 31.0 Å². The predicted octanol–water partition coefficient (Wildman–Crippen LogP) is 2.39. The second kappa shape index (κ2) is 5.30. The smallest absolute Gasteiger partial charge is 0.119 e. The number of hydrogen-bond donors (Lipinski definition) is 2. The van der Waals surface area contributed by atoms with Crippen molar-refractivity contribution in [3.63, 3.8) is 0 Å². The molecule has 5 heteroatoms. The Kier molecular flexibility index (Phi) is 3.79. The lowest BCUT2D eigenvalue weighted by Crippen LogP contribution is -2.44. The molecule has 4 nitrogen and oxygen atoms in total. The molecule has 2 aliphatic heterocycles. The lowest BCUT2D eigenvalue weighted by atomic mass is 9.68. The number of hydrogen-bond acceptors (Lipinski definition) is 4. The molecule has 0 aromatic heterocycles. The summed E-state index contributed by atoms with van der Waals surface area (Å²) in [6.07, 6.45) is 2.57. The number of ether oxygens (including phenoxy) is 2. The highest BCUT2D eigenvalue weighted by Gasteiger charge is 2.56. The largest absolute Gasteiger partial charge is 0.497 e. The van der Waals surface area contributed by atoms with E-state index in [0.717, 1.165) is 35.0 Å². The summed E-state index contributed by atoms with van der Waals surface area (Å²) in [5.41, 5.74) is 6.48. The van der Waals surface area contributed by atoms with E-state index in [9.17, 15) is 5.11 Å². The van der Waals surface area contributed by atoms with Gasteiger partial charge in [0.1, 0.15) is 5.75 Å². The fourth-order valence-corrected chi connectivity index (χ4v) is 4.08. The molecule has 0 saturated carbocycles. The van der Waals surface area contributed by atoms with E-state index in [-0.39, 0.29) is 17.6 Å². The summed E-state index contributed by atoms with van der Waals surface area (Å²) >= 11 is 3.52. The molecule has 2 saturated heterocycles. The van der Waals surface area contributed by atoms with E-state index < -0.39 is 6.10 Å². The van der Waals surface area contributed by atoms with Crippen molar-refractivity contribution in [2.75, 3.05) is 13.7 Å².